The Balaban J connectivity index is 1.38. The molecule has 0 bridgehead atoms. The van der Waals surface area contributed by atoms with Crippen LogP contribution in [0.3, 0.4) is 0 Å². The average molecular weight is 587 g/mol. The largest absolute Gasteiger partial charge is 0.573 e. The van der Waals surface area contributed by atoms with Crippen molar-refractivity contribution in [2.45, 2.75) is 51.9 Å². The lowest BCUT2D eigenvalue weighted by Crippen LogP contribution is -2.25. The minimum absolute atomic E-state index is 0.158. The van der Waals surface area contributed by atoms with Crippen molar-refractivity contribution in [2.24, 2.45) is 5.41 Å². The number of ether oxygens (including phenoxy) is 2. The van der Waals surface area contributed by atoms with Gasteiger partial charge in [0.15, 0.2) is 6.61 Å². The van der Waals surface area contributed by atoms with Crippen LogP contribution in [-0.2, 0) is 4.79 Å². The molecule has 1 fully saturated rings. The van der Waals surface area contributed by atoms with Crippen LogP contribution in [0.5, 0.6) is 11.5 Å². The van der Waals surface area contributed by atoms with Crippen molar-refractivity contribution in [3.63, 3.8) is 0 Å². The maximum Gasteiger partial charge on any atom is 0.573 e. The molecule has 5 rings (SSSR count). The Hall–Kier alpha value is -3.92. The topological polar surface area (TPSA) is 77.4 Å². The SMILES string of the molecule is CC1(C)CCCC(n2c(Nc3ccc(OC(F)(F)F)cc3)nc3cc(OCC(=O)Nc4ccccc4Cl)ccc32)C1. The van der Waals surface area contributed by atoms with Gasteiger partial charge in [0, 0.05) is 17.8 Å². The van der Waals surface area contributed by atoms with Gasteiger partial charge in [0.05, 0.1) is 21.7 Å². The van der Waals surface area contributed by atoms with Gasteiger partial charge in [-0.3, -0.25) is 4.79 Å². The Bertz CT molecular complexity index is 1540. The van der Waals surface area contributed by atoms with Crippen LogP contribution in [0.1, 0.15) is 45.6 Å². The zero-order chi connectivity index (χ0) is 29.2. The first-order chi connectivity index (χ1) is 19.5. The maximum absolute atomic E-state index is 12.6. The van der Waals surface area contributed by atoms with E-state index < -0.39 is 6.36 Å². The van der Waals surface area contributed by atoms with Crippen LogP contribution in [0.15, 0.2) is 66.7 Å². The molecule has 0 saturated heterocycles. The standard InChI is InChI=1S/C30H30ClF3N4O3/c1-29(2)15-5-6-20(17-29)38-26-14-13-22(40-18-27(39)36-24-8-4-3-7-23(24)31)16-25(26)37-28(38)35-19-9-11-21(12-10-19)41-30(32,33)34/h3-4,7-14,16,20H,5-6,15,17-18H2,1-2H3,(H,35,37)(H,36,39). The Morgan fingerprint density at radius 1 is 1.10 bits per heavy atom. The van der Waals surface area contributed by atoms with Gasteiger partial charge in [-0.15, -0.1) is 13.2 Å². The van der Waals surface area contributed by atoms with E-state index in [4.69, 9.17) is 21.3 Å². The molecule has 1 aliphatic carbocycles. The van der Waals surface area contributed by atoms with E-state index in [-0.39, 0.29) is 29.7 Å². The molecule has 1 heterocycles. The number of halogens is 4. The molecule has 1 unspecified atom stereocenters. The van der Waals surface area contributed by atoms with Crippen LogP contribution >= 0.6 is 11.6 Å². The number of nitrogens with one attached hydrogen (secondary N) is 2. The van der Waals surface area contributed by atoms with Crippen LogP contribution in [0.25, 0.3) is 11.0 Å². The molecule has 7 nitrogen and oxygen atoms in total. The number of fused-ring (bicyclic) bond motifs is 1. The molecule has 41 heavy (non-hydrogen) atoms. The van der Waals surface area contributed by atoms with Gasteiger partial charge in [0.2, 0.25) is 5.95 Å². The number of aromatic nitrogens is 2. The van der Waals surface area contributed by atoms with Crippen LogP contribution in [0, 0.1) is 5.41 Å². The second kappa shape index (κ2) is 11.5. The number of carbonyl (C=O) groups excluding carboxylic acids is 1. The Kier molecular flexibility index (Phi) is 8.04. The summed E-state index contributed by atoms with van der Waals surface area (Å²) in [6.07, 6.45) is -0.629. The monoisotopic (exact) mass is 586 g/mol. The summed E-state index contributed by atoms with van der Waals surface area (Å²) in [5, 5.41) is 6.44. The Morgan fingerprint density at radius 2 is 1.83 bits per heavy atom. The Morgan fingerprint density at radius 3 is 2.54 bits per heavy atom. The number of carbonyl (C=O) groups is 1. The number of benzene rings is 3. The van der Waals surface area contributed by atoms with Crippen molar-refractivity contribution in [2.75, 3.05) is 17.2 Å². The number of para-hydroxylation sites is 1. The highest BCUT2D eigenvalue weighted by molar-refractivity contribution is 6.33. The predicted octanol–water partition coefficient (Wildman–Crippen LogP) is 8.49. The first-order valence-electron chi connectivity index (χ1n) is 13.3. The van der Waals surface area contributed by atoms with Gasteiger partial charge < -0.3 is 24.7 Å². The van der Waals surface area contributed by atoms with Gasteiger partial charge >= 0.3 is 6.36 Å². The van der Waals surface area contributed by atoms with E-state index in [0.29, 0.717) is 33.6 Å². The molecule has 1 amide bonds. The summed E-state index contributed by atoms with van der Waals surface area (Å²) in [7, 11) is 0. The molecule has 1 aliphatic rings. The van der Waals surface area contributed by atoms with E-state index in [9.17, 15) is 18.0 Å². The molecule has 0 aliphatic heterocycles. The highest BCUT2D eigenvalue weighted by atomic mass is 35.5. The van der Waals surface area contributed by atoms with Crippen LogP contribution < -0.4 is 20.1 Å². The fourth-order valence-electron chi connectivity index (χ4n) is 5.27. The van der Waals surface area contributed by atoms with Gasteiger partial charge in [-0.05, 0) is 73.2 Å². The summed E-state index contributed by atoms with van der Waals surface area (Å²) in [6.45, 7) is 4.29. The minimum atomic E-state index is -4.76. The van der Waals surface area contributed by atoms with Crippen molar-refractivity contribution in [3.8, 4) is 11.5 Å². The fourth-order valence-corrected chi connectivity index (χ4v) is 5.45. The molecule has 1 atom stereocenters. The van der Waals surface area contributed by atoms with E-state index in [1.54, 1.807) is 36.4 Å². The fraction of sp³-hybridized carbons (Fsp3) is 0.333. The lowest BCUT2D eigenvalue weighted by Gasteiger charge is -2.36. The summed E-state index contributed by atoms with van der Waals surface area (Å²) in [5.74, 6) is 0.390. The molecule has 2 N–H and O–H groups in total. The van der Waals surface area contributed by atoms with E-state index >= 15 is 0 Å². The zero-order valence-electron chi connectivity index (χ0n) is 22.6. The first kappa shape index (κ1) is 28.6. The second-order valence-corrected chi connectivity index (χ2v) is 11.3. The van der Waals surface area contributed by atoms with Gasteiger partial charge in [0.25, 0.3) is 5.91 Å². The molecule has 11 heteroatoms. The van der Waals surface area contributed by atoms with Crippen molar-refractivity contribution >= 4 is 45.9 Å². The third-order valence-corrected chi connectivity index (χ3v) is 7.40. The summed E-state index contributed by atoms with van der Waals surface area (Å²) in [5.41, 5.74) is 2.78. The van der Waals surface area contributed by atoms with Gasteiger partial charge in [-0.25, -0.2) is 4.98 Å². The third-order valence-electron chi connectivity index (χ3n) is 7.07. The van der Waals surface area contributed by atoms with Crippen LogP contribution in [0.2, 0.25) is 5.02 Å². The second-order valence-electron chi connectivity index (χ2n) is 10.9. The highest BCUT2D eigenvalue weighted by Crippen LogP contribution is 2.44. The van der Waals surface area contributed by atoms with Crippen molar-refractivity contribution in [1.82, 2.24) is 9.55 Å². The number of anilines is 3. The van der Waals surface area contributed by atoms with Crippen LogP contribution in [-0.4, -0.2) is 28.4 Å². The molecular formula is C30H30ClF3N4O3. The number of amides is 1. The molecule has 3 aromatic carbocycles. The zero-order valence-corrected chi connectivity index (χ0v) is 23.4. The number of nitrogens with zero attached hydrogens (tertiary/aromatic N) is 2. The lowest BCUT2D eigenvalue weighted by atomic mass is 9.75. The van der Waals surface area contributed by atoms with Gasteiger partial charge in [0.1, 0.15) is 11.5 Å². The number of alkyl halides is 3. The summed E-state index contributed by atoms with van der Waals surface area (Å²) in [6, 6.07) is 18.1. The summed E-state index contributed by atoms with van der Waals surface area (Å²) < 4.78 is 49.7. The highest BCUT2D eigenvalue weighted by Gasteiger charge is 2.32. The average Bonchev–Trinajstić information content (AvgIpc) is 3.25. The normalized spacial score (nSPS) is 16.8. The molecule has 4 aromatic rings. The first-order valence-corrected chi connectivity index (χ1v) is 13.7. The van der Waals surface area contributed by atoms with E-state index in [1.165, 1.54) is 24.3 Å². The van der Waals surface area contributed by atoms with Gasteiger partial charge in [-0.2, -0.15) is 0 Å². The molecule has 0 spiro atoms. The van der Waals surface area contributed by atoms with Crippen LogP contribution in [0.4, 0.5) is 30.5 Å². The number of hydrogen-bond donors (Lipinski definition) is 2. The molecule has 216 valence electrons. The lowest BCUT2D eigenvalue weighted by molar-refractivity contribution is -0.274. The maximum atomic E-state index is 12.6. The minimum Gasteiger partial charge on any atom is -0.484 e. The smallest absolute Gasteiger partial charge is 0.484 e. The molecule has 0 radical (unpaired) electrons. The molecular weight excluding hydrogens is 557 g/mol. The van der Waals surface area contributed by atoms with E-state index in [0.717, 1.165) is 31.2 Å². The van der Waals surface area contributed by atoms with Crippen molar-refractivity contribution < 1.29 is 27.4 Å². The number of rotatable bonds is 8. The number of hydrogen-bond acceptors (Lipinski definition) is 5. The molecule has 1 saturated carbocycles. The van der Waals surface area contributed by atoms with E-state index in [2.05, 4.69) is 33.8 Å². The Labute approximate surface area is 240 Å². The molecule has 1 aromatic heterocycles. The van der Waals surface area contributed by atoms with Crippen molar-refractivity contribution in [1.29, 1.82) is 0 Å². The predicted molar refractivity (Wildman–Crippen MR) is 153 cm³/mol. The summed E-state index contributed by atoms with van der Waals surface area (Å²) in [4.78, 5) is 17.3. The van der Waals surface area contributed by atoms with E-state index in [1.807, 2.05) is 6.07 Å². The van der Waals surface area contributed by atoms with Gasteiger partial charge in [-0.1, -0.05) is 44.0 Å². The third kappa shape index (κ3) is 7.24. The summed E-state index contributed by atoms with van der Waals surface area (Å²) >= 11 is 6.12. The van der Waals surface area contributed by atoms with Crippen molar-refractivity contribution in [3.05, 3.63) is 71.8 Å². The number of imidazole rings is 1. The quantitative estimate of drug-likeness (QED) is 0.216.